The predicted octanol–water partition coefficient (Wildman–Crippen LogP) is 4.63. The Hall–Kier alpha value is -0.860. The Balaban J connectivity index is 3.16. The molecule has 1 aromatic carbocycles. The van der Waals surface area contributed by atoms with Crippen LogP contribution in [0.3, 0.4) is 0 Å². The van der Waals surface area contributed by atoms with E-state index in [1.165, 1.54) is 5.31 Å². The summed E-state index contributed by atoms with van der Waals surface area (Å²) in [6, 6.07) is 4.89. The van der Waals surface area contributed by atoms with E-state index in [4.69, 9.17) is 13.0 Å². The van der Waals surface area contributed by atoms with Crippen LogP contribution in [0.4, 0.5) is 0 Å². The van der Waals surface area contributed by atoms with E-state index in [1.807, 2.05) is 47.6 Å². The maximum absolute atomic E-state index is 12.8. The Bertz CT molecular complexity index is 514. The Morgan fingerprint density at radius 1 is 1.45 bits per heavy atom. The van der Waals surface area contributed by atoms with Gasteiger partial charge in [-0.25, -0.2) is 0 Å². The Morgan fingerprint density at radius 2 is 2.05 bits per heavy atom. The van der Waals surface area contributed by atoms with Gasteiger partial charge in [-0.1, -0.05) is 44.5 Å². The number of ketones is 1. The molecule has 0 aliphatic rings. The lowest BCUT2D eigenvalue weighted by Crippen LogP contribution is -2.51. The van der Waals surface area contributed by atoms with Gasteiger partial charge in [0.15, 0.2) is 5.78 Å². The van der Waals surface area contributed by atoms with Crippen molar-refractivity contribution in [3.8, 4) is 0 Å². The molecule has 0 radical (unpaired) electrons. The molecule has 1 atom stereocenters. The van der Waals surface area contributed by atoms with Crippen LogP contribution >= 0.6 is 11.6 Å². The third-order valence-corrected chi connectivity index (χ3v) is 4.12. The summed E-state index contributed by atoms with van der Waals surface area (Å²) >= 11 is 6.13. The van der Waals surface area contributed by atoms with E-state index < -0.39 is 6.04 Å². The van der Waals surface area contributed by atoms with Gasteiger partial charge in [0.05, 0.1) is 6.04 Å². The second-order valence-electron chi connectivity index (χ2n) is 6.31. The van der Waals surface area contributed by atoms with Gasteiger partial charge < -0.3 is 5.31 Å². The molecule has 0 aliphatic heterocycles. The van der Waals surface area contributed by atoms with Crippen molar-refractivity contribution in [3.05, 3.63) is 34.3 Å². The average Bonchev–Trinajstić information content (AvgIpc) is 2.41. The van der Waals surface area contributed by atoms with Gasteiger partial charge in [0.25, 0.3) is 0 Å². The van der Waals surface area contributed by atoms with E-state index in [9.17, 15) is 4.79 Å². The second-order valence-corrected chi connectivity index (χ2v) is 6.72. The van der Waals surface area contributed by atoms with Crippen molar-refractivity contribution in [2.75, 3.05) is 0 Å². The third kappa shape index (κ3) is 4.32. The molecule has 0 saturated heterocycles. The molecule has 2 nitrogen and oxygen atoms in total. The maximum atomic E-state index is 12.8. The molecule has 112 valence electrons. The van der Waals surface area contributed by atoms with Crippen LogP contribution in [-0.4, -0.2) is 17.4 Å². The SMILES string of the molecule is [2H]N(C(C(=O)c1ccc(C)c(Cl)c1)C(C)C)C(C)(C)CC. The number of benzene rings is 1. The zero-order chi connectivity index (χ0) is 16.4. The van der Waals surface area contributed by atoms with Gasteiger partial charge >= 0.3 is 0 Å². The highest BCUT2D eigenvalue weighted by Gasteiger charge is 2.28. The van der Waals surface area contributed by atoms with Crippen molar-refractivity contribution in [2.45, 2.75) is 59.5 Å². The quantitative estimate of drug-likeness (QED) is 0.775. The number of carbonyl (C=O) groups is 1. The summed E-state index contributed by atoms with van der Waals surface area (Å²) in [7, 11) is 0. The summed E-state index contributed by atoms with van der Waals surface area (Å²) < 4.78 is 8.42. The lowest BCUT2D eigenvalue weighted by molar-refractivity contribution is 0.0890. The van der Waals surface area contributed by atoms with E-state index >= 15 is 0 Å². The van der Waals surface area contributed by atoms with Crippen molar-refractivity contribution in [1.29, 1.82) is 0 Å². The van der Waals surface area contributed by atoms with Crippen molar-refractivity contribution < 1.29 is 6.21 Å². The number of aryl methyl sites for hydroxylation is 1. The van der Waals surface area contributed by atoms with E-state index in [0.29, 0.717) is 10.6 Å². The second kappa shape index (κ2) is 6.73. The van der Waals surface area contributed by atoms with Crippen LogP contribution < -0.4 is 5.31 Å². The molecule has 20 heavy (non-hydrogen) atoms. The number of carbonyl (C=O) groups excluding carboxylic acids is 1. The van der Waals surface area contributed by atoms with Gasteiger partial charge in [-0.15, -0.1) is 0 Å². The number of rotatable bonds is 6. The molecule has 0 heterocycles. The minimum absolute atomic E-state index is 0.0385. The van der Waals surface area contributed by atoms with Crippen LogP contribution in [0.15, 0.2) is 18.2 Å². The predicted molar refractivity (Wildman–Crippen MR) is 86.7 cm³/mol. The highest BCUT2D eigenvalue weighted by molar-refractivity contribution is 6.31. The molecular weight excluding hydrogens is 270 g/mol. The lowest BCUT2D eigenvalue weighted by Gasteiger charge is -2.32. The fraction of sp³-hybridized carbons (Fsp3) is 0.588. The molecule has 1 N–H and O–H groups in total. The van der Waals surface area contributed by atoms with Crippen LogP contribution in [0.2, 0.25) is 6.43 Å². The first kappa shape index (κ1) is 15.5. The van der Waals surface area contributed by atoms with E-state index in [0.717, 1.165) is 12.0 Å². The monoisotopic (exact) mass is 296 g/mol. The number of Topliss-reactive ketones (excluding diaryl/α,β-unsaturated/α-hetero) is 1. The zero-order valence-corrected chi connectivity index (χ0v) is 14.1. The Kier molecular flexibility index (Phi) is 5.22. The molecule has 0 aromatic heterocycles. The van der Waals surface area contributed by atoms with Crippen LogP contribution in [-0.2, 0) is 0 Å². The van der Waals surface area contributed by atoms with E-state index in [1.54, 1.807) is 12.1 Å². The highest BCUT2D eigenvalue weighted by atomic mass is 35.5. The van der Waals surface area contributed by atoms with Crippen LogP contribution in [0, 0.1) is 12.8 Å². The zero-order valence-electron chi connectivity index (χ0n) is 14.3. The molecule has 0 fully saturated rings. The Labute approximate surface area is 129 Å². The van der Waals surface area contributed by atoms with Gasteiger partial charge in [0.2, 0.25) is 0 Å². The van der Waals surface area contributed by atoms with Gasteiger partial charge in [-0.2, -0.15) is 0 Å². The van der Waals surface area contributed by atoms with Crippen LogP contribution in [0.25, 0.3) is 0 Å². The number of nitrogens with one attached hydrogen (secondary N) is 1. The first-order chi connectivity index (χ1) is 9.61. The topological polar surface area (TPSA) is 29.1 Å². The fourth-order valence-electron chi connectivity index (χ4n) is 1.90. The van der Waals surface area contributed by atoms with Crippen LogP contribution in [0.1, 0.15) is 57.0 Å². The highest BCUT2D eigenvalue weighted by Crippen LogP contribution is 2.21. The van der Waals surface area contributed by atoms with Crippen LogP contribution in [0.5, 0.6) is 0 Å². The minimum Gasteiger partial charge on any atom is -0.302 e. The van der Waals surface area contributed by atoms with Crippen molar-refractivity contribution >= 4 is 17.4 Å². The maximum Gasteiger partial charge on any atom is 0.180 e. The fourth-order valence-corrected chi connectivity index (χ4v) is 2.08. The molecule has 0 bridgehead atoms. The van der Waals surface area contributed by atoms with Crippen molar-refractivity contribution in [3.63, 3.8) is 0 Å². The van der Waals surface area contributed by atoms with Crippen molar-refractivity contribution in [2.24, 2.45) is 5.92 Å². The molecule has 0 amide bonds. The molecular formula is C17H26ClNO. The molecule has 0 saturated carbocycles. The largest absolute Gasteiger partial charge is 0.302 e. The smallest absolute Gasteiger partial charge is 0.180 e. The number of hydrogen-bond donors (Lipinski definition) is 1. The summed E-state index contributed by atoms with van der Waals surface area (Å²) in [5.74, 6) is 0.0179. The van der Waals surface area contributed by atoms with Gasteiger partial charge in [0.1, 0.15) is 1.41 Å². The molecule has 1 unspecified atom stereocenters. The summed E-state index contributed by atoms with van der Waals surface area (Å²) in [4.78, 5) is 12.8. The summed E-state index contributed by atoms with van der Waals surface area (Å²) in [5.41, 5.74) is 1.18. The molecule has 0 aliphatic carbocycles. The molecule has 1 aromatic rings. The standard InChI is InChI=1S/C17H26ClNO/c1-7-17(5,6)19-15(11(2)3)16(20)13-9-8-12(4)14(18)10-13/h8-11,15,19H,7H2,1-6H3/i/hD. The number of hydrogen-bond acceptors (Lipinski definition) is 2. The molecule has 3 heteroatoms. The first-order valence-corrected chi connectivity index (χ1v) is 7.58. The normalized spacial score (nSPS) is 14.6. The summed E-state index contributed by atoms with van der Waals surface area (Å²) in [6.07, 6.45) is 0.807. The minimum atomic E-state index is -0.473. The summed E-state index contributed by atoms with van der Waals surface area (Å²) in [5, 5.41) is 2.04. The van der Waals surface area contributed by atoms with Crippen molar-refractivity contribution in [1.82, 2.24) is 5.31 Å². The van der Waals surface area contributed by atoms with E-state index in [2.05, 4.69) is 0 Å². The van der Waals surface area contributed by atoms with Gasteiger partial charge in [0, 0.05) is 16.1 Å². The average molecular weight is 297 g/mol. The summed E-state index contributed by atoms with van der Waals surface area (Å²) in [6.45, 7) is 11.9. The molecule has 0 spiro atoms. The van der Waals surface area contributed by atoms with Gasteiger partial charge in [-0.05, 0) is 44.7 Å². The van der Waals surface area contributed by atoms with E-state index in [-0.39, 0.29) is 17.2 Å². The lowest BCUT2D eigenvalue weighted by atomic mass is 9.90. The number of halogens is 1. The van der Waals surface area contributed by atoms with Gasteiger partial charge in [-0.3, -0.25) is 4.79 Å². The third-order valence-electron chi connectivity index (χ3n) is 3.71. The first-order valence-electron chi connectivity index (χ1n) is 7.65. The molecule has 1 rings (SSSR count). The Morgan fingerprint density at radius 3 is 2.50 bits per heavy atom.